The molecular weight excluding hydrogens is 400 g/mol. The second kappa shape index (κ2) is 5.68. The molecule has 0 amide bonds. The third-order valence-corrected chi connectivity index (χ3v) is 6.00. The van der Waals surface area contributed by atoms with E-state index in [0.29, 0.717) is 20.4 Å². The Kier molecular flexibility index (Phi) is 3.96. The van der Waals surface area contributed by atoms with Gasteiger partial charge in [-0.3, -0.25) is 0 Å². The van der Waals surface area contributed by atoms with E-state index in [1.807, 2.05) is 13.0 Å². The normalized spacial score (nSPS) is 11.6. The largest absolute Gasteiger partial charge is 0.269 e. The Hall–Kier alpha value is -1.81. The van der Waals surface area contributed by atoms with E-state index >= 15 is 0 Å². The molecule has 7 heteroatoms. The molecule has 0 atom stereocenters. The Morgan fingerprint density at radius 3 is 2.43 bits per heavy atom. The van der Waals surface area contributed by atoms with Crippen molar-refractivity contribution in [2.24, 2.45) is 0 Å². The summed E-state index contributed by atoms with van der Waals surface area (Å²) in [5, 5.41) is 10.4. The highest BCUT2D eigenvalue weighted by Gasteiger charge is 2.24. The highest BCUT2D eigenvalue weighted by molar-refractivity contribution is 9.10. The maximum absolute atomic E-state index is 13.0. The molecule has 0 spiro atoms. The standard InChI is InChI=1S/C16H10BrClN2O2S/c1-10-2-4-14(5-3-10)23(21,22)20-13(9-19)7-11-6-12(18)8-15(17)16(11)20/h2-8H,1H3. The summed E-state index contributed by atoms with van der Waals surface area (Å²) in [5.41, 5.74) is 1.38. The van der Waals surface area contributed by atoms with E-state index in [-0.39, 0.29) is 10.6 Å². The Morgan fingerprint density at radius 1 is 1.17 bits per heavy atom. The Balaban J connectivity index is 2.39. The molecule has 0 N–H and O–H groups in total. The molecule has 0 aliphatic carbocycles. The van der Waals surface area contributed by atoms with Gasteiger partial charge in [-0.2, -0.15) is 5.26 Å². The Labute approximate surface area is 147 Å². The molecule has 2 aromatic carbocycles. The molecule has 0 aliphatic rings. The number of benzene rings is 2. The van der Waals surface area contributed by atoms with E-state index in [0.717, 1.165) is 9.54 Å². The third kappa shape index (κ3) is 2.65. The van der Waals surface area contributed by atoms with Crippen molar-refractivity contribution < 1.29 is 8.42 Å². The first-order valence-electron chi connectivity index (χ1n) is 6.57. The molecule has 23 heavy (non-hydrogen) atoms. The van der Waals surface area contributed by atoms with Crippen LogP contribution in [0.1, 0.15) is 11.3 Å². The second-order valence-corrected chi connectivity index (χ2v) is 8.13. The predicted octanol–water partition coefficient (Wildman–Crippen LogP) is 4.47. The molecular formula is C16H10BrClN2O2S. The first-order chi connectivity index (χ1) is 10.8. The van der Waals surface area contributed by atoms with Crippen LogP contribution in [0.5, 0.6) is 0 Å². The Morgan fingerprint density at radius 2 is 1.83 bits per heavy atom. The van der Waals surface area contributed by atoms with Gasteiger partial charge < -0.3 is 0 Å². The SMILES string of the molecule is Cc1ccc(S(=O)(=O)n2c(C#N)cc3cc(Cl)cc(Br)c32)cc1. The molecule has 0 fully saturated rings. The number of hydrogen-bond acceptors (Lipinski definition) is 3. The number of rotatable bonds is 2. The molecule has 3 rings (SSSR count). The van der Waals surface area contributed by atoms with Crippen LogP contribution in [0.15, 0.2) is 51.8 Å². The number of aryl methyl sites for hydroxylation is 1. The lowest BCUT2D eigenvalue weighted by Crippen LogP contribution is -2.14. The molecule has 1 aromatic heterocycles. The van der Waals surface area contributed by atoms with Crippen molar-refractivity contribution in [3.8, 4) is 6.07 Å². The van der Waals surface area contributed by atoms with Gasteiger partial charge in [0.05, 0.1) is 10.4 Å². The van der Waals surface area contributed by atoms with Crippen molar-refractivity contribution >= 4 is 48.5 Å². The average Bonchev–Trinajstić information content (AvgIpc) is 2.87. The van der Waals surface area contributed by atoms with Gasteiger partial charge in [-0.25, -0.2) is 12.4 Å². The predicted molar refractivity (Wildman–Crippen MR) is 93.1 cm³/mol. The van der Waals surface area contributed by atoms with Crippen molar-refractivity contribution in [1.82, 2.24) is 3.97 Å². The lowest BCUT2D eigenvalue weighted by molar-refractivity contribution is 0.588. The van der Waals surface area contributed by atoms with E-state index in [1.54, 1.807) is 24.3 Å². The minimum Gasteiger partial charge on any atom is -0.223 e. The van der Waals surface area contributed by atoms with Gasteiger partial charge in [-0.15, -0.1) is 0 Å². The summed E-state index contributed by atoms with van der Waals surface area (Å²) < 4.78 is 27.6. The lowest BCUT2D eigenvalue weighted by Gasteiger charge is -2.10. The minimum atomic E-state index is -3.90. The summed E-state index contributed by atoms with van der Waals surface area (Å²) in [6, 6.07) is 13.2. The van der Waals surface area contributed by atoms with Crippen LogP contribution in [0.2, 0.25) is 5.02 Å². The van der Waals surface area contributed by atoms with Crippen LogP contribution in [-0.2, 0) is 10.0 Å². The number of halogens is 2. The van der Waals surface area contributed by atoms with E-state index in [4.69, 9.17) is 11.6 Å². The first kappa shape index (κ1) is 16.1. The minimum absolute atomic E-state index is 0.0311. The van der Waals surface area contributed by atoms with Crippen molar-refractivity contribution in [2.45, 2.75) is 11.8 Å². The fourth-order valence-electron chi connectivity index (χ4n) is 2.38. The zero-order valence-electron chi connectivity index (χ0n) is 11.9. The number of nitriles is 1. The summed E-state index contributed by atoms with van der Waals surface area (Å²) >= 11 is 9.34. The van der Waals surface area contributed by atoms with Gasteiger partial charge in [0.25, 0.3) is 10.0 Å². The second-order valence-electron chi connectivity index (χ2n) is 5.05. The molecule has 0 unspecified atom stereocenters. The maximum atomic E-state index is 13.0. The van der Waals surface area contributed by atoms with E-state index in [1.165, 1.54) is 18.2 Å². The van der Waals surface area contributed by atoms with Crippen LogP contribution in [0.25, 0.3) is 10.9 Å². The summed E-state index contributed by atoms with van der Waals surface area (Å²) in [5.74, 6) is 0. The van der Waals surface area contributed by atoms with E-state index in [9.17, 15) is 13.7 Å². The van der Waals surface area contributed by atoms with Gasteiger partial charge in [0.1, 0.15) is 11.8 Å². The maximum Gasteiger partial charge on any atom is 0.269 e. The molecule has 0 aliphatic heterocycles. The van der Waals surface area contributed by atoms with E-state index in [2.05, 4.69) is 15.9 Å². The quantitative estimate of drug-likeness (QED) is 0.627. The van der Waals surface area contributed by atoms with Gasteiger partial charge >= 0.3 is 0 Å². The average molecular weight is 410 g/mol. The van der Waals surface area contributed by atoms with Gasteiger partial charge in [0, 0.05) is 14.9 Å². The molecule has 0 saturated carbocycles. The summed E-state index contributed by atoms with van der Waals surface area (Å²) in [6.45, 7) is 1.88. The topological polar surface area (TPSA) is 62.9 Å². The summed E-state index contributed by atoms with van der Waals surface area (Å²) in [4.78, 5) is 0.124. The van der Waals surface area contributed by atoms with Gasteiger partial charge in [0.15, 0.2) is 0 Å². The first-order valence-corrected chi connectivity index (χ1v) is 9.18. The van der Waals surface area contributed by atoms with Crippen LogP contribution in [0.4, 0.5) is 0 Å². The van der Waals surface area contributed by atoms with Crippen LogP contribution >= 0.6 is 27.5 Å². The summed E-state index contributed by atoms with van der Waals surface area (Å²) in [6.07, 6.45) is 0. The van der Waals surface area contributed by atoms with Crippen molar-refractivity contribution in [3.63, 3.8) is 0 Å². The van der Waals surface area contributed by atoms with Crippen molar-refractivity contribution in [2.75, 3.05) is 0 Å². The number of fused-ring (bicyclic) bond motifs is 1. The van der Waals surface area contributed by atoms with Gasteiger partial charge in [0.2, 0.25) is 0 Å². The fraction of sp³-hybridized carbons (Fsp3) is 0.0625. The van der Waals surface area contributed by atoms with Crippen molar-refractivity contribution in [3.05, 3.63) is 63.2 Å². The number of aromatic nitrogens is 1. The number of nitrogens with zero attached hydrogens (tertiary/aromatic N) is 2. The van der Waals surface area contributed by atoms with Crippen molar-refractivity contribution in [1.29, 1.82) is 5.26 Å². The molecule has 0 saturated heterocycles. The Bertz CT molecular complexity index is 1060. The molecule has 4 nitrogen and oxygen atoms in total. The molecule has 3 aromatic rings. The third-order valence-electron chi connectivity index (χ3n) is 3.45. The summed E-state index contributed by atoms with van der Waals surface area (Å²) in [7, 11) is -3.90. The van der Waals surface area contributed by atoms with Crippen LogP contribution < -0.4 is 0 Å². The van der Waals surface area contributed by atoms with Gasteiger partial charge in [-0.1, -0.05) is 29.3 Å². The van der Waals surface area contributed by atoms with E-state index < -0.39 is 10.0 Å². The van der Waals surface area contributed by atoms with Crippen LogP contribution in [-0.4, -0.2) is 12.4 Å². The smallest absolute Gasteiger partial charge is 0.223 e. The van der Waals surface area contributed by atoms with Crippen LogP contribution in [0.3, 0.4) is 0 Å². The highest BCUT2D eigenvalue weighted by atomic mass is 79.9. The highest BCUT2D eigenvalue weighted by Crippen LogP contribution is 2.33. The van der Waals surface area contributed by atoms with Crippen LogP contribution in [0, 0.1) is 18.3 Å². The molecule has 0 bridgehead atoms. The van der Waals surface area contributed by atoms with Gasteiger partial charge in [-0.05, 0) is 53.2 Å². The zero-order chi connectivity index (χ0) is 16.8. The lowest BCUT2D eigenvalue weighted by atomic mass is 10.2. The monoisotopic (exact) mass is 408 g/mol. The molecule has 1 heterocycles. The zero-order valence-corrected chi connectivity index (χ0v) is 15.1. The number of hydrogen-bond donors (Lipinski definition) is 0. The molecule has 0 radical (unpaired) electrons. The fourth-order valence-corrected chi connectivity index (χ4v) is 5.00. The molecule has 116 valence electrons.